The third kappa shape index (κ3) is 5.97. The molecular weight excluding hydrogens is 446 g/mol. The largest absolute Gasteiger partial charge is 0.480 e. The first-order valence-electron chi connectivity index (χ1n) is 13.6. The minimum absolute atomic E-state index is 0.164. The number of fused-ring (bicyclic) bond motifs is 2. The van der Waals surface area contributed by atoms with Crippen LogP contribution < -0.4 is 10.6 Å². The molecule has 2 aliphatic carbocycles. The van der Waals surface area contributed by atoms with Gasteiger partial charge in [-0.2, -0.15) is 0 Å². The number of hydrogen-bond donors (Lipinski definition) is 3. The topological polar surface area (TPSA) is 110 Å². The number of aliphatic carboxylic acids is 1. The number of ether oxygens (including phenoxy) is 2. The molecule has 4 atom stereocenters. The number of amides is 1. The number of nitrogens with zero attached hydrogens (tertiary/aromatic N) is 1. The van der Waals surface area contributed by atoms with E-state index in [4.69, 9.17) is 14.5 Å². The fourth-order valence-corrected chi connectivity index (χ4v) is 6.21. The Balaban J connectivity index is 0.992. The Kier molecular flexibility index (Phi) is 7.88. The fourth-order valence-electron chi connectivity index (χ4n) is 6.21. The summed E-state index contributed by atoms with van der Waals surface area (Å²) in [6.07, 6.45) is 11.3. The molecule has 192 valence electrons. The predicted molar refractivity (Wildman–Crippen MR) is 131 cm³/mol. The number of pyridine rings is 1. The van der Waals surface area contributed by atoms with Crippen LogP contribution in [0.1, 0.15) is 69.0 Å². The van der Waals surface area contributed by atoms with Gasteiger partial charge in [0.25, 0.3) is 0 Å². The van der Waals surface area contributed by atoms with Gasteiger partial charge in [0.1, 0.15) is 11.9 Å². The Hall–Kier alpha value is -2.19. The van der Waals surface area contributed by atoms with Crippen molar-refractivity contribution in [2.24, 2.45) is 17.8 Å². The quantitative estimate of drug-likeness (QED) is 0.466. The van der Waals surface area contributed by atoms with E-state index in [1.54, 1.807) is 0 Å². The molecule has 8 heteroatoms. The standard InChI is InChI=1S/C27H39N3O5/c31-26(22-16-35-24-6-2-1-5-21(22)24)30-23(27(32)33)11-13-34-20-14-17(15-20)7-9-19-10-8-18-4-3-12-28-25(18)29-19/h8,10,17,20-24H,1-7,9,11-16H2,(H,28,29)(H,30,31)(H,32,33)/t17?,20?,21?,22-,23-,24?/m0/s1. The molecule has 0 aromatic carbocycles. The zero-order valence-corrected chi connectivity index (χ0v) is 20.5. The van der Waals surface area contributed by atoms with Gasteiger partial charge in [-0.05, 0) is 74.8 Å². The van der Waals surface area contributed by atoms with Gasteiger partial charge < -0.3 is 25.2 Å². The minimum atomic E-state index is -1.00. The lowest BCUT2D eigenvalue weighted by Crippen LogP contribution is -2.46. The third-order valence-corrected chi connectivity index (χ3v) is 8.42. The van der Waals surface area contributed by atoms with Crippen molar-refractivity contribution in [1.82, 2.24) is 10.3 Å². The number of anilines is 1. The maximum absolute atomic E-state index is 12.8. The number of carbonyl (C=O) groups is 2. The molecule has 4 aliphatic rings. The summed E-state index contributed by atoms with van der Waals surface area (Å²) in [4.78, 5) is 29.3. The normalized spacial score (nSPS) is 30.3. The summed E-state index contributed by atoms with van der Waals surface area (Å²) in [5.74, 6) is 0.514. The van der Waals surface area contributed by atoms with E-state index >= 15 is 0 Å². The summed E-state index contributed by atoms with van der Waals surface area (Å²) in [5.41, 5.74) is 2.47. The first-order chi connectivity index (χ1) is 17.1. The van der Waals surface area contributed by atoms with Crippen molar-refractivity contribution in [1.29, 1.82) is 0 Å². The summed E-state index contributed by atoms with van der Waals surface area (Å²) in [6.45, 7) is 1.76. The molecule has 8 nitrogen and oxygen atoms in total. The van der Waals surface area contributed by atoms with Crippen molar-refractivity contribution in [3.05, 3.63) is 23.4 Å². The molecule has 2 saturated carbocycles. The molecule has 0 spiro atoms. The van der Waals surface area contributed by atoms with E-state index in [0.717, 1.165) is 75.8 Å². The monoisotopic (exact) mass is 485 g/mol. The van der Waals surface area contributed by atoms with Gasteiger partial charge >= 0.3 is 5.97 Å². The predicted octanol–water partition coefficient (Wildman–Crippen LogP) is 3.33. The van der Waals surface area contributed by atoms with Crippen LogP contribution in [0.15, 0.2) is 12.1 Å². The Bertz CT molecular complexity index is 903. The maximum Gasteiger partial charge on any atom is 0.326 e. The number of hydrogen-bond acceptors (Lipinski definition) is 6. The van der Waals surface area contributed by atoms with Gasteiger partial charge in [-0.15, -0.1) is 0 Å². The number of carboxylic acids is 1. The van der Waals surface area contributed by atoms with Crippen LogP contribution in [-0.2, 0) is 31.9 Å². The summed E-state index contributed by atoms with van der Waals surface area (Å²) in [5, 5.41) is 15.8. The number of rotatable bonds is 10. The van der Waals surface area contributed by atoms with E-state index in [9.17, 15) is 14.7 Å². The van der Waals surface area contributed by atoms with Crippen molar-refractivity contribution in [2.75, 3.05) is 25.1 Å². The van der Waals surface area contributed by atoms with E-state index in [2.05, 4.69) is 22.8 Å². The van der Waals surface area contributed by atoms with Crippen molar-refractivity contribution >= 4 is 17.7 Å². The highest BCUT2D eigenvalue weighted by atomic mass is 16.5. The van der Waals surface area contributed by atoms with E-state index in [-0.39, 0.29) is 36.4 Å². The average Bonchev–Trinajstić information content (AvgIpc) is 3.28. The zero-order valence-electron chi connectivity index (χ0n) is 20.5. The molecule has 35 heavy (non-hydrogen) atoms. The second-order valence-electron chi connectivity index (χ2n) is 10.8. The molecule has 3 heterocycles. The van der Waals surface area contributed by atoms with Crippen molar-refractivity contribution < 1.29 is 24.2 Å². The van der Waals surface area contributed by atoms with Crippen LogP contribution in [0.5, 0.6) is 0 Å². The highest BCUT2D eigenvalue weighted by molar-refractivity contribution is 5.85. The SMILES string of the molecule is O=C(O)[C@H](CCOC1CC(CCc2ccc3c(n2)NCCC3)C1)NC(=O)[C@H]1COC2CCCCC21. The number of carboxylic acid groups (broad SMARTS) is 1. The summed E-state index contributed by atoms with van der Waals surface area (Å²) in [6, 6.07) is 3.46. The van der Waals surface area contributed by atoms with Gasteiger partial charge in [0.2, 0.25) is 5.91 Å². The third-order valence-electron chi connectivity index (χ3n) is 8.42. The lowest BCUT2D eigenvalue weighted by Gasteiger charge is -2.35. The van der Waals surface area contributed by atoms with Gasteiger partial charge in [-0.25, -0.2) is 9.78 Å². The van der Waals surface area contributed by atoms with E-state index < -0.39 is 12.0 Å². The molecule has 2 aliphatic heterocycles. The first-order valence-corrected chi connectivity index (χ1v) is 13.6. The number of aromatic nitrogens is 1. The molecule has 1 aromatic heterocycles. The van der Waals surface area contributed by atoms with E-state index in [0.29, 0.717) is 19.1 Å². The minimum Gasteiger partial charge on any atom is -0.480 e. The van der Waals surface area contributed by atoms with Crippen molar-refractivity contribution in [2.45, 2.75) is 88.9 Å². The Morgan fingerprint density at radius 2 is 2.09 bits per heavy atom. The number of carbonyl (C=O) groups excluding carboxylic acids is 1. The number of nitrogens with one attached hydrogen (secondary N) is 2. The fraction of sp³-hybridized carbons (Fsp3) is 0.741. The van der Waals surface area contributed by atoms with E-state index in [1.165, 1.54) is 12.0 Å². The summed E-state index contributed by atoms with van der Waals surface area (Å²) in [7, 11) is 0. The van der Waals surface area contributed by atoms with Gasteiger partial charge in [0.15, 0.2) is 0 Å². The average molecular weight is 486 g/mol. The molecule has 2 unspecified atom stereocenters. The first kappa shape index (κ1) is 24.5. The van der Waals surface area contributed by atoms with Crippen LogP contribution in [0.4, 0.5) is 5.82 Å². The second kappa shape index (κ2) is 11.2. The van der Waals surface area contributed by atoms with Crippen LogP contribution in [0.2, 0.25) is 0 Å². The molecule has 1 amide bonds. The molecule has 3 fully saturated rings. The van der Waals surface area contributed by atoms with Gasteiger partial charge in [-0.3, -0.25) is 4.79 Å². The van der Waals surface area contributed by atoms with Crippen LogP contribution in [0, 0.1) is 17.8 Å². The molecule has 0 bridgehead atoms. The molecule has 1 saturated heterocycles. The zero-order chi connectivity index (χ0) is 24.2. The smallest absolute Gasteiger partial charge is 0.326 e. The Labute approximate surface area is 207 Å². The summed E-state index contributed by atoms with van der Waals surface area (Å²) < 4.78 is 11.8. The van der Waals surface area contributed by atoms with Gasteiger partial charge in [-0.1, -0.05) is 18.9 Å². The lowest BCUT2D eigenvalue weighted by atomic mass is 9.79. The van der Waals surface area contributed by atoms with Crippen molar-refractivity contribution in [3.63, 3.8) is 0 Å². The van der Waals surface area contributed by atoms with Gasteiger partial charge in [0.05, 0.1) is 24.7 Å². The molecule has 0 radical (unpaired) electrons. The van der Waals surface area contributed by atoms with Crippen LogP contribution in [0.25, 0.3) is 0 Å². The molecular formula is C27H39N3O5. The summed E-state index contributed by atoms with van der Waals surface area (Å²) >= 11 is 0. The lowest BCUT2D eigenvalue weighted by molar-refractivity contribution is -0.143. The Morgan fingerprint density at radius 3 is 2.94 bits per heavy atom. The number of aryl methyl sites for hydroxylation is 2. The van der Waals surface area contributed by atoms with Gasteiger partial charge in [0, 0.05) is 25.3 Å². The maximum atomic E-state index is 12.8. The molecule has 5 rings (SSSR count). The van der Waals surface area contributed by atoms with Crippen LogP contribution in [-0.4, -0.2) is 60.0 Å². The van der Waals surface area contributed by atoms with E-state index in [1.807, 2.05) is 0 Å². The van der Waals surface area contributed by atoms with Crippen molar-refractivity contribution in [3.8, 4) is 0 Å². The second-order valence-corrected chi connectivity index (χ2v) is 10.8. The highest BCUT2D eigenvalue weighted by Crippen LogP contribution is 2.38. The van der Waals surface area contributed by atoms with Crippen LogP contribution in [0.3, 0.4) is 0 Å². The highest BCUT2D eigenvalue weighted by Gasteiger charge is 2.43. The Morgan fingerprint density at radius 1 is 1.23 bits per heavy atom. The molecule has 1 aromatic rings. The van der Waals surface area contributed by atoms with Crippen LogP contribution >= 0.6 is 0 Å². The molecule has 3 N–H and O–H groups in total.